The van der Waals surface area contributed by atoms with Crippen molar-refractivity contribution in [2.75, 3.05) is 11.9 Å². The number of amides is 2. The van der Waals surface area contributed by atoms with Crippen molar-refractivity contribution >= 4 is 33.4 Å². The normalized spacial score (nSPS) is 9.79. The van der Waals surface area contributed by atoms with E-state index in [9.17, 15) is 14.4 Å². The molecule has 0 aliphatic carbocycles. The summed E-state index contributed by atoms with van der Waals surface area (Å²) in [6, 6.07) is 2.78. The summed E-state index contributed by atoms with van der Waals surface area (Å²) < 4.78 is 1.99. The first-order valence-electron chi connectivity index (χ1n) is 5.57. The van der Waals surface area contributed by atoms with Gasteiger partial charge in [0, 0.05) is 29.8 Å². The minimum Gasteiger partial charge on any atom is -0.343 e. The highest BCUT2D eigenvalue weighted by atomic mass is 79.9. The maximum Gasteiger partial charge on any atom is 0.313 e. The van der Waals surface area contributed by atoms with E-state index >= 15 is 0 Å². The summed E-state index contributed by atoms with van der Waals surface area (Å²) in [6.07, 6.45) is 1.48. The summed E-state index contributed by atoms with van der Waals surface area (Å²) in [7, 11) is 0. The molecule has 2 N–H and O–H groups in total. The van der Waals surface area contributed by atoms with Gasteiger partial charge in [0.05, 0.1) is 5.69 Å². The molecule has 2 amide bonds. The van der Waals surface area contributed by atoms with Gasteiger partial charge in [0.1, 0.15) is 0 Å². The number of nitrogens with zero attached hydrogens (tertiary/aromatic N) is 1. The minimum absolute atomic E-state index is 0.166. The van der Waals surface area contributed by atoms with Crippen molar-refractivity contribution in [2.45, 2.75) is 13.5 Å². The third-order valence-corrected chi connectivity index (χ3v) is 2.51. The summed E-state index contributed by atoms with van der Waals surface area (Å²) in [5.41, 5.74) is 0.222. The van der Waals surface area contributed by atoms with Gasteiger partial charge in [-0.3, -0.25) is 14.4 Å². The van der Waals surface area contributed by atoms with Gasteiger partial charge in [-0.05, 0) is 13.0 Å². The second-order valence-electron chi connectivity index (χ2n) is 3.70. The van der Waals surface area contributed by atoms with Crippen molar-refractivity contribution < 1.29 is 9.59 Å². The van der Waals surface area contributed by atoms with Crippen LogP contribution in [-0.2, 0) is 16.1 Å². The molecule has 0 aliphatic heterocycles. The topological polar surface area (TPSA) is 80.2 Å². The second kappa shape index (κ2) is 6.89. The van der Waals surface area contributed by atoms with Gasteiger partial charge in [-0.25, -0.2) is 0 Å². The van der Waals surface area contributed by atoms with Gasteiger partial charge < -0.3 is 15.2 Å². The monoisotopic (exact) mass is 327 g/mol. The summed E-state index contributed by atoms with van der Waals surface area (Å²) in [5, 5.41) is 4.79. The van der Waals surface area contributed by atoms with Crippen LogP contribution >= 0.6 is 15.9 Å². The van der Waals surface area contributed by atoms with Crippen molar-refractivity contribution in [2.24, 2.45) is 0 Å². The third-order valence-electron chi connectivity index (χ3n) is 2.23. The Labute approximate surface area is 118 Å². The predicted molar refractivity (Wildman–Crippen MR) is 76.1 cm³/mol. The Morgan fingerprint density at radius 1 is 1.37 bits per heavy atom. The Kier molecular flexibility index (Phi) is 5.50. The highest BCUT2D eigenvalue weighted by Crippen LogP contribution is 2.03. The molecular formula is C12H14BrN3O3. The van der Waals surface area contributed by atoms with Crippen molar-refractivity contribution in [1.82, 2.24) is 9.88 Å². The molecule has 0 saturated carbocycles. The Hall–Kier alpha value is -1.89. The fourth-order valence-electron chi connectivity index (χ4n) is 1.30. The van der Waals surface area contributed by atoms with E-state index in [0.717, 1.165) is 0 Å². The number of nitrogens with one attached hydrogen (secondary N) is 2. The van der Waals surface area contributed by atoms with Crippen LogP contribution in [0.15, 0.2) is 34.2 Å². The van der Waals surface area contributed by atoms with E-state index in [2.05, 4.69) is 33.1 Å². The molecule has 0 bridgehead atoms. The molecule has 0 saturated heterocycles. The zero-order valence-electron chi connectivity index (χ0n) is 10.4. The van der Waals surface area contributed by atoms with Crippen LogP contribution in [0.1, 0.15) is 6.92 Å². The Morgan fingerprint density at radius 2 is 2.05 bits per heavy atom. The van der Waals surface area contributed by atoms with Crippen LogP contribution in [0.5, 0.6) is 0 Å². The molecule has 19 heavy (non-hydrogen) atoms. The van der Waals surface area contributed by atoms with Crippen LogP contribution in [0.4, 0.5) is 5.69 Å². The maximum absolute atomic E-state index is 11.6. The minimum atomic E-state index is -0.796. The van der Waals surface area contributed by atoms with Crippen LogP contribution < -0.4 is 16.2 Å². The smallest absolute Gasteiger partial charge is 0.313 e. The molecule has 0 fully saturated rings. The van der Waals surface area contributed by atoms with Gasteiger partial charge in [0.15, 0.2) is 0 Å². The van der Waals surface area contributed by atoms with E-state index in [1.54, 1.807) is 6.92 Å². The largest absolute Gasteiger partial charge is 0.343 e. The number of halogens is 1. The summed E-state index contributed by atoms with van der Waals surface area (Å²) in [6.45, 7) is 5.99. The molecule has 1 rings (SSSR count). The average Bonchev–Trinajstić information content (AvgIpc) is 2.37. The van der Waals surface area contributed by atoms with Crippen LogP contribution in [0.3, 0.4) is 0 Å². The van der Waals surface area contributed by atoms with E-state index in [1.807, 2.05) is 0 Å². The molecule has 0 spiro atoms. The number of carbonyl (C=O) groups is 2. The molecule has 1 heterocycles. The Balaban J connectivity index is 2.69. The molecule has 0 aliphatic rings. The quantitative estimate of drug-likeness (QED) is 0.804. The molecule has 6 nitrogen and oxygen atoms in total. The lowest BCUT2D eigenvalue weighted by Gasteiger charge is -2.08. The molecule has 0 atom stereocenters. The average molecular weight is 328 g/mol. The van der Waals surface area contributed by atoms with E-state index in [1.165, 1.54) is 22.9 Å². The van der Waals surface area contributed by atoms with E-state index in [0.29, 0.717) is 16.7 Å². The SMILES string of the molecule is C=C(Br)CNC(=O)C(=O)Nc1ccc(=O)n(CC)c1. The number of hydrogen-bond donors (Lipinski definition) is 2. The Morgan fingerprint density at radius 3 is 2.63 bits per heavy atom. The number of hydrogen-bond acceptors (Lipinski definition) is 3. The van der Waals surface area contributed by atoms with Crippen LogP contribution in [0.2, 0.25) is 0 Å². The van der Waals surface area contributed by atoms with Gasteiger partial charge in [-0.1, -0.05) is 22.5 Å². The lowest BCUT2D eigenvalue weighted by atomic mass is 10.4. The molecule has 1 aromatic rings. The molecule has 0 unspecified atom stereocenters. The summed E-state index contributed by atoms with van der Waals surface area (Å²) in [4.78, 5) is 34.3. The van der Waals surface area contributed by atoms with Gasteiger partial charge in [0.2, 0.25) is 0 Å². The van der Waals surface area contributed by atoms with Gasteiger partial charge in [-0.15, -0.1) is 0 Å². The van der Waals surface area contributed by atoms with Gasteiger partial charge in [-0.2, -0.15) is 0 Å². The summed E-state index contributed by atoms with van der Waals surface area (Å²) in [5.74, 6) is -1.56. The van der Waals surface area contributed by atoms with E-state index in [4.69, 9.17) is 0 Å². The second-order valence-corrected chi connectivity index (χ2v) is 4.82. The maximum atomic E-state index is 11.6. The van der Waals surface area contributed by atoms with E-state index < -0.39 is 11.8 Å². The van der Waals surface area contributed by atoms with E-state index in [-0.39, 0.29) is 12.1 Å². The first kappa shape index (κ1) is 15.2. The fourth-order valence-corrected chi connectivity index (χ4v) is 1.44. The number of rotatable bonds is 4. The number of pyridine rings is 1. The van der Waals surface area contributed by atoms with Crippen LogP contribution in [0, 0.1) is 0 Å². The number of aryl methyl sites for hydroxylation is 1. The predicted octanol–water partition coefficient (Wildman–Crippen LogP) is 0.831. The van der Waals surface area contributed by atoms with Crippen molar-refractivity contribution in [3.05, 3.63) is 39.7 Å². The highest BCUT2D eigenvalue weighted by molar-refractivity contribution is 9.11. The molecule has 7 heteroatoms. The van der Waals surface area contributed by atoms with Crippen molar-refractivity contribution in [1.29, 1.82) is 0 Å². The third kappa shape index (κ3) is 4.70. The summed E-state index contributed by atoms with van der Waals surface area (Å²) >= 11 is 3.07. The zero-order chi connectivity index (χ0) is 14.4. The molecule has 1 aromatic heterocycles. The van der Waals surface area contributed by atoms with Crippen molar-refractivity contribution in [3.8, 4) is 0 Å². The van der Waals surface area contributed by atoms with Crippen LogP contribution in [0.25, 0.3) is 0 Å². The highest BCUT2D eigenvalue weighted by Gasteiger charge is 2.13. The lowest BCUT2D eigenvalue weighted by Crippen LogP contribution is -2.36. The lowest BCUT2D eigenvalue weighted by molar-refractivity contribution is -0.136. The first-order valence-corrected chi connectivity index (χ1v) is 6.36. The first-order chi connectivity index (χ1) is 8.93. The van der Waals surface area contributed by atoms with Crippen molar-refractivity contribution in [3.63, 3.8) is 0 Å². The molecule has 102 valence electrons. The molecular weight excluding hydrogens is 314 g/mol. The standard InChI is InChI=1S/C12H14BrN3O3/c1-3-16-7-9(4-5-10(16)17)15-12(19)11(18)14-6-8(2)13/h4-5,7H,2-3,6H2,1H3,(H,14,18)(H,15,19). The Bertz CT molecular complexity index is 566. The number of anilines is 1. The number of aromatic nitrogens is 1. The molecule has 0 aromatic carbocycles. The van der Waals surface area contributed by atoms with Gasteiger partial charge in [0.25, 0.3) is 5.56 Å². The van der Waals surface area contributed by atoms with Crippen LogP contribution in [-0.4, -0.2) is 22.9 Å². The zero-order valence-corrected chi connectivity index (χ0v) is 12.0. The molecule has 0 radical (unpaired) electrons. The number of carbonyl (C=O) groups excluding carboxylic acids is 2. The van der Waals surface area contributed by atoms with Gasteiger partial charge >= 0.3 is 11.8 Å². The fraction of sp³-hybridized carbons (Fsp3) is 0.250.